The maximum Gasteiger partial charge on any atom is 0.573 e. The number of hydrogen-bond donors (Lipinski definition) is 1. The number of anilines is 1. The first kappa shape index (κ1) is 15.4. The highest BCUT2D eigenvalue weighted by Gasteiger charge is 2.32. The van der Waals surface area contributed by atoms with E-state index >= 15 is 0 Å². The van der Waals surface area contributed by atoms with Crippen molar-refractivity contribution in [1.82, 2.24) is 9.78 Å². The summed E-state index contributed by atoms with van der Waals surface area (Å²) in [5.74, 6) is -0.298. The van der Waals surface area contributed by atoms with Crippen LogP contribution in [0.1, 0.15) is 5.56 Å². The predicted octanol–water partition coefficient (Wildman–Crippen LogP) is 4.26. The van der Waals surface area contributed by atoms with Crippen molar-refractivity contribution in [3.8, 4) is 5.75 Å². The summed E-state index contributed by atoms with van der Waals surface area (Å²) in [6, 6.07) is 4.38. The summed E-state index contributed by atoms with van der Waals surface area (Å²) in [7, 11) is 0. The summed E-state index contributed by atoms with van der Waals surface area (Å²) in [5.41, 5.74) is 1.04. The summed E-state index contributed by atoms with van der Waals surface area (Å²) in [5, 5.41) is 6.87. The van der Waals surface area contributed by atoms with Gasteiger partial charge in [0.1, 0.15) is 0 Å². The summed E-state index contributed by atoms with van der Waals surface area (Å²) >= 11 is 3.11. The molecule has 0 amide bonds. The van der Waals surface area contributed by atoms with Gasteiger partial charge in [-0.05, 0) is 18.2 Å². The Morgan fingerprint density at radius 3 is 2.81 bits per heavy atom. The number of hydrogen-bond acceptors (Lipinski definition) is 3. The Bertz CT molecular complexity index is 640. The number of ether oxygens (including phenoxy) is 1. The topological polar surface area (TPSA) is 39.1 Å². The van der Waals surface area contributed by atoms with Crippen molar-refractivity contribution < 1.29 is 17.9 Å². The molecule has 2 aromatic rings. The molecule has 4 nitrogen and oxygen atoms in total. The first-order chi connectivity index (χ1) is 9.87. The Labute approximate surface area is 127 Å². The van der Waals surface area contributed by atoms with E-state index in [1.807, 2.05) is 0 Å². The van der Waals surface area contributed by atoms with Crippen LogP contribution in [0.15, 0.2) is 41.6 Å². The maximum absolute atomic E-state index is 12.4. The van der Waals surface area contributed by atoms with Crippen LogP contribution in [0, 0.1) is 0 Å². The Hall–Kier alpha value is -1.96. The predicted molar refractivity (Wildman–Crippen MR) is 76.8 cm³/mol. The lowest BCUT2D eigenvalue weighted by Gasteiger charge is -2.14. The van der Waals surface area contributed by atoms with Crippen LogP contribution in [0.4, 0.5) is 18.9 Å². The molecule has 0 fully saturated rings. The van der Waals surface area contributed by atoms with E-state index in [0.29, 0.717) is 11.0 Å². The van der Waals surface area contributed by atoms with Gasteiger partial charge in [0.15, 0.2) is 5.75 Å². The standard InChI is InChI=1S/C13H11BrF3N3O/c1-2-20-8-9(7-19-20)6-18-11-4-3-10(14)5-12(11)21-13(15,16)17/h2-5,7-8,18H,1,6H2. The van der Waals surface area contributed by atoms with Crippen LogP contribution in [-0.2, 0) is 6.54 Å². The molecule has 2 rings (SSSR count). The second-order valence-corrected chi connectivity index (χ2v) is 4.97. The summed E-state index contributed by atoms with van der Waals surface area (Å²) in [4.78, 5) is 0. The molecule has 0 saturated heterocycles. The average molecular weight is 362 g/mol. The van der Waals surface area contributed by atoms with Crippen molar-refractivity contribution in [2.45, 2.75) is 12.9 Å². The van der Waals surface area contributed by atoms with E-state index in [0.717, 1.165) is 5.56 Å². The minimum atomic E-state index is -4.75. The highest BCUT2D eigenvalue weighted by atomic mass is 79.9. The second kappa shape index (κ2) is 6.21. The van der Waals surface area contributed by atoms with Crippen molar-refractivity contribution in [2.75, 3.05) is 5.32 Å². The molecular weight excluding hydrogens is 351 g/mol. The second-order valence-electron chi connectivity index (χ2n) is 4.05. The van der Waals surface area contributed by atoms with Gasteiger partial charge in [-0.3, -0.25) is 0 Å². The van der Waals surface area contributed by atoms with Crippen molar-refractivity contribution in [3.63, 3.8) is 0 Å². The Morgan fingerprint density at radius 1 is 1.43 bits per heavy atom. The Kier molecular flexibility index (Phi) is 4.56. The molecule has 1 aromatic heterocycles. The van der Waals surface area contributed by atoms with Gasteiger partial charge in [-0.25, -0.2) is 4.68 Å². The van der Waals surface area contributed by atoms with Gasteiger partial charge in [0.2, 0.25) is 0 Å². The third-order valence-corrected chi connectivity index (χ3v) is 2.99. The molecular formula is C13H11BrF3N3O. The molecule has 1 heterocycles. The lowest BCUT2D eigenvalue weighted by molar-refractivity contribution is -0.274. The number of nitrogens with zero attached hydrogens (tertiary/aromatic N) is 2. The molecule has 0 aliphatic carbocycles. The van der Waals surface area contributed by atoms with E-state index in [-0.39, 0.29) is 11.4 Å². The zero-order valence-electron chi connectivity index (χ0n) is 10.7. The minimum Gasteiger partial charge on any atom is -0.404 e. The van der Waals surface area contributed by atoms with E-state index in [2.05, 4.69) is 37.7 Å². The number of aromatic nitrogens is 2. The largest absolute Gasteiger partial charge is 0.573 e. The van der Waals surface area contributed by atoms with E-state index in [1.165, 1.54) is 23.0 Å². The molecule has 0 radical (unpaired) electrons. The van der Waals surface area contributed by atoms with Crippen molar-refractivity contribution in [1.29, 1.82) is 0 Å². The number of benzene rings is 1. The smallest absolute Gasteiger partial charge is 0.404 e. The normalized spacial score (nSPS) is 11.2. The van der Waals surface area contributed by atoms with Gasteiger partial charge in [0, 0.05) is 29.0 Å². The molecule has 0 saturated carbocycles. The number of alkyl halides is 3. The molecule has 0 spiro atoms. The monoisotopic (exact) mass is 361 g/mol. The summed E-state index contributed by atoms with van der Waals surface area (Å²) in [6.45, 7) is 3.87. The fraction of sp³-hybridized carbons (Fsp3) is 0.154. The highest BCUT2D eigenvalue weighted by molar-refractivity contribution is 9.10. The number of nitrogens with one attached hydrogen (secondary N) is 1. The lowest BCUT2D eigenvalue weighted by atomic mass is 10.2. The van der Waals surface area contributed by atoms with Crippen LogP contribution < -0.4 is 10.1 Å². The van der Waals surface area contributed by atoms with Gasteiger partial charge in [-0.15, -0.1) is 13.2 Å². The van der Waals surface area contributed by atoms with E-state index in [4.69, 9.17) is 0 Å². The molecule has 1 aromatic carbocycles. The van der Waals surface area contributed by atoms with Gasteiger partial charge in [-0.1, -0.05) is 22.5 Å². The SMILES string of the molecule is C=Cn1cc(CNc2ccc(Br)cc2OC(F)(F)F)cn1. The lowest BCUT2D eigenvalue weighted by Crippen LogP contribution is -2.18. The van der Waals surface area contributed by atoms with Gasteiger partial charge in [-0.2, -0.15) is 5.10 Å². The Morgan fingerprint density at radius 2 is 2.19 bits per heavy atom. The first-order valence-corrected chi connectivity index (χ1v) is 6.61. The van der Waals surface area contributed by atoms with E-state index < -0.39 is 6.36 Å². The molecule has 0 atom stereocenters. The Balaban J connectivity index is 2.13. The quantitative estimate of drug-likeness (QED) is 0.864. The van der Waals surface area contributed by atoms with Crippen LogP contribution in [0.25, 0.3) is 6.20 Å². The molecule has 21 heavy (non-hydrogen) atoms. The zero-order valence-corrected chi connectivity index (χ0v) is 12.3. The third-order valence-electron chi connectivity index (χ3n) is 2.49. The summed E-state index contributed by atoms with van der Waals surface area (Å²) in [6.07, 6.45) is 0.0766. The maximum atomic E-state index is 12.4. The molecule has 112 valence electrons. The van der Waals surface area contributed by atoms with Gasteiger partial charge < -0.3 is 10.1 Å². The molecule has 0 aliphatic rings. The van der Waals surface area contributed by atoms with Crippen molar-refractivity contribution >= 4 is 27.8 Å². The van der Waals surface area contributed by atoms with Crippen LogP contribution in [0.3, 0.4) is 0 Å². The van der Waals surface area contributed by atoms with Crippen LogP contribution in [-0.4, -0.2) is 16.1 Å². The van der Waals surface area contributed by atoms with E-state index in [9.17, 15) is 13.2 Å². The first-order valence-electron chi connectivity index (χ1n) is 5.82. The van der Waals surface area contributed by atoms with Crippen LogP contribution in [0.5, 0.6) is 5.75 Å². The summed E-state index contributed by atoms with van der Waals surface area (Å²) < 4.78 is 43.1. The minimum absolute atomic E-state index is 0.238. The van der Waals surface area contributed by atoms with Crippen molar-refractivity contribution in [3.05, 3.63) is 47.2 Å². The zero-order chi connectivity index (χ0) is 15.5. The van der Waals surface area contributed by atoms with Crippen LogP contribution in [0.2, 0.25) is 0 Å². The number of halogens is 4. The highest BCUT2D eigenvalue weighted by Crippen LogP contribution is 2.33. The van der Waals surface area contributed by atoms with Crippen LogP contribution >= 0.6 is 15.9 Å². The van der Waals surface area contributed by atoms with Crippen molar-refractivity contribution in [2.24, 2.45) is 0 Å². The average Bonchev–Trinajstić information content (AvgIpc) is 2.84. The van der Waals surface area contributed by atoms with Gasteiger partial charge >= 0.3 is 6.36 Å². The fourth-order valence-corrected chi connectivity index (χ4v) is 1.96. The fourth-order valence-electron chi connectivity index (χ4n) is 1.62. The van der Waals surface area contributed by atoms with E-state index in [1.54, 1.807) is 18.5 Å². The van der Waals surface area contributed by atoms with Gasteiger partial charge in [0.05, 0.1) is 11.9 Å². The molecule has 8 heteroatoms. The third kappa shape index (κ3) is 4.52. The molecule has 0 bridgehead atoms. The van der Waals surface area contributed by atoms with Gasteiger partial charge in [0.25, 0.3) is 0 Å². The molecule has 1 N–H and O–H groups in total. The molecule has 0 unspecified atom stereocenters. The number of rotatable bonds is 5. The molecule has 0 aliphatic heterocycles.